The number of benzene rings is 1. The minimum atomic E-state index is 0.336. The summed E-state index contributed by atoms with van der Waals surface area (Å²) in [6, 6.07) is 6.76. The molecule has 2 nitrogen and oxygen atoms in total. The van der Waals surface area contributed by atoms with Crippen molar-refractivity contribution in [3.63, 3.8) is 0 Å². The van der Waals surface area contributed by atoms with Crippen LogP contribution in [0.4, 0.5) is 0 Å². The van der Waals surface area contributed by atoms with Crippen LogP contribution in [-0.2, 0) is 17.6 Å². The lowest BCUT2D eigenvalue weighted by Gasteiger charge is -2.19. The second-order valence-electron chi connectivity index (χ2n) is 5.16. The molecule has 0 aliphatic heterocycles. The molecule has 0 radical (unpaired) electrons. The Balaban J connectivity index is 2.26. The van der Waals surface area contributed by atoms with Gasteiger partial charge in [-0.15, -0.1) is 0 Å². The molecule has 90 valence electrons. The largest absolute Gasteiger partial charge is 0.234 e. The van der Waals surface area contributed by atoms with E-state index >= 15 is 0 Å². The fourth-order valence-electron chi connectivity index (χ4n) is 2.66. The number of aliphatic imine (C=N–C) groups is 1. The van der Waals surface area contributed by atoms with Gasteiger partial charge in [0.25, 0.3) is 0 Å². The molecule has 2 rings (SSSR count). The Morgan fingerprint density at radius 1 is 1.29 bits per heavy atom. The maximum Gasteiger partial charge on any atom is 0.234 e. The van der Waals surface area contributed by atoms with Crippen molar-refractivity contribution >= 4 is 6.08 Å². The molecule has 0 spiro atoms. The van der Waals surface area contributed by atoms with Crippen LogP contribution in [0.2, 0.25) is 0 Å². The van der Waals surface area contributed by atoms with E-state index in [0.717, 1.165) is 0 Å². The summed E-state index contributed by atoms with van der Waals surface area (Å²) < 4.78 is 0. The van der Waals surface area contributed by atoms with Crippen LogP contribution in [0.15, 0.2) is 23.2 Å². The highest BCUT2D eigenvalue weighted by atomic mass is 16.1. The average molecular weight is 229 g/mol. The first-order valence-corrected chi connectivity index (χ1v) is 6.37. The second kappa shape index (κ2) is 5.29. The third-order valence-corrected chi connectivity index (χ3v) is 3.71. The van der Waals surface area contributed by atoms with Gasteiger partial charge in [0.2, 0.25) is 6.08 Å². The van der Waals surface area contributed by atoms with E-state index in [4.69, 9.17) is 0 Å². The predicted molar refractivity (Wildman–Crippen MR) is 69.0 cm³/mol. The van der Waals surface area contributed by atoms with Gasteiger partial charge < -0.3 is 0 Å². The van der Waals surface area contributed by atoms with Gasteiger partial charge in [0.15, 0.2) is 0 Å². The lowest BCUT2D eigenvalue weighted by molar-refractivity contribution is 0.502. The molecule has 1 aliphatic rings. The van der Waals surface area contributed by atoms with Crippen molar-refractivity contribution in [3.05, 3.63) is 34.9 Å². The molecule has 0 N–H and O–H groups in total. The zero-order chi connectivity index (χ0) is 12.3. The van der Waals surface area contributed by atoms with E-state index in [1.807, 2.05) is 0 Å². The summed E-state index contributed by atoms with van der Waals surface area (Å²) in [5.74, 6) is 0.828. The number of aryl methyl sites for hydroxylation is 2. The van der Waals surface area contributed by atoms with Crippen LogP contribution in [0.1, 0.15) is 42.9 Å². The Morgan fingerprint density at radius 3 is 2.76 bits per heavy atom. The van der Waals surface area contributed by atoms with Crippen molar-refractivity contribution in [2.24, 2.45) is 10.9 Å². The Morgan fingerprint density at radius 2 is 2.06 bits per heavy atom. The van der Waals surface area contributed by atoms with Crippen molar-refractivity contribution in [2.45, 2.75) is 39.0 Å². The van der Waals surface area contributed by atoms with E-state index in [0.29, 0.717) is 18.4 Å². The van der Waals surface area contributed by atoms with Gasteiger partial charge in [0.1, 0.15) is 0 Å². The monoisotopic (exact) mass is 229 g/mol. The van der Waals surface area contributed by atoms with Crippen molar-refractivity contribution < 1.29 is 4.79 Å². The Hall–Kier alpha value is -1.40. The Kier molecular flexibility index (Phi) is 3.75. The van der Waals surface area contributed by atoms with E-state index in [1.54, 1.807) is 6.08 Å². The number of fused-ring (bicyclic) bond motifs is 1. The van der Waals surface area contributed by atoms with Crippen LogP contribution < -0.4 is 0 Å². The van der Waals surface area contributed by atoms with Crippen molar-refractivity contribution in [2.75, 3.05) is 6.54 Å². The van der Waals surface area contributed by atoms with Crippen LogP contribution in [0.5, 0.6) is 0 Å². The van der Waals surface area contributed by atoms with Crippen molar-refractivity contribution in [1.29, 1.82) is 0 Å². The molecule has 0 saturated carbocycles. The highest BCUT2D eigenvalue weighted by Crippen LogP contribution is 2.30. The summed E-state index contributed by atoms with van der Waals surface area (Å²) in [5.41, 5.74) is 4.30. The number of rotatable bonds is 4. The molecule has 0 aromatic heterocycles. The smallest absolute Gasteiger partial charge is 0.211 e. The lowest BCUT2D eigenvalue weighted by Crippen LogP contribution is -2.10. The third kappa shape index (κ3) is 2.65. The molecule has 1 unspecified atom stereocenters. The minimum Gasteiger partial charge on any atom is -0.211 e. The maximum absolute atomic E-state index is 10.3. The van der Waals surface area contributed by atoms with E-state index < -0.39 is 0 Å². The molecule has 2 heteroatoms. The summed E-state index contributed by atoms with van der Waals surface area (Å²) in [5, 5.41) is 0. The predicted octanol–water partition coefficient (Wildman–Crippen LogP) is 3.25. The topological polar surface area (TPSA) is 29.4 Å². The fourth-order valence-corrected chi connectivity index (χ4v) is 2.66. The number of nitrogens with zero attached hydrogens (tertiary/aromatic N) is 1. The van der Waals surface area contributed by atoms with Crippen molar-refractivity contribution in [3.8, 4) is 0 Å². The van der Waals surface area contributed by atoms with E-state index in [2.05, 4.69) is 37.0 Å². The first kappa shape index (κ1) is 12.1. The summed E-state index contributed by atoms with van der Waals surface area (Å²) in [6.07, 6.45) is 5.34. The maximum atomic E-state index is 10.3. The summed E-state index contributed by atoms with van der Waals surface area (Å²) in [4.78, 5) is 14.0. The highest BCUT2D eigenvalue weighted by molar-refractivity contribution is 5.38. The fraction of sp³-hybridized carbons (Fsp3) is 0.533. The molecular formula is C15H19NO. The molecule has 0 heterocycles. The molecule has 0 amide bonds. The lowest BCUT2D eigenvalue weighted by atomic mass is 9.87. The van der Waals surface area contributed by atoms with Crippen LogP contribution in [-0.4, -0.2) is 12.6 Å². The number of hydrogen-bond donors (Lipinski definition) is 0. The molecule has 0 saturated heterocycles. The highest BCUT2D eigenvalue weighted by Gasteiger charge is 2.18. The Labute approximate surface area is 103 Å². The van der Waals surface area contributed by atoms with Gasteiger partial charge in [-0.1, -0.05) is 32.0 Å². The van der Waals surface area contributed by atoms with Gasteiger partial charge in [0, 0.05) is 5.92 Å². The Bertz CT molecular complexity index is 444. The second-order valence-corrected chi connectivity index (χ2v) is 5.16. The van der Waals surface area contributed by atoms with Crippen LogP contribution in [0.3, 0.4) is 0 Å². The van der Waals surface area contributed by atoms with Crippen LogP contribution in [0.25, 0.3) is 0 Å². The van der Waals surface area contributed by atoms with E-state index in [-0.39, 0.29) is 0 Å². The third-order valence-electron chi connectivity index (χ3n) is 3.71. The summed E-state index contributed by atoms with van der Waals surface area (Å²) in [6.45, 7) is 4.91. The van der Waals surface area contributed by atoms with Gasteiger partial charge in [-0.2, -0.15) is 0 Å². The van der Waals surface area contributed by atoms with Gasteiger partial charge in [0.05, 0.1) is 6.54 Å². The van der Waals surface area contributed by atoms with E-state index in [1.165, 1.54) is 36.0 Å². The summed E-state index contributed by atoms with van der Waals surface area (Å²) >= 11 is 0. The number of carbonyl (C=O) groups excluding carboxylic acids is 1. The van der Waals surface area contributed by atoms with Crippen LogP contribution in [0, 0.1) is 5.92 Å². The zero-order valence-corrected chi connectivity index (χ0v) is 10.6. The number of hydrogen-bond acceptors (Lipinski definition) is 2. The summed E-state index contributed by atoms with van der Waals surface area (Å²) in [7, 11) is 0. The quantitative estimate of drug-likeness (QED) is 0.575. The molecule has 0 fully saturated rings. The SMILES string of the molecule is CC(C)C(CN=C=O)c1ccc2c(c1)CCC2. The molecular weight excluding hydrogens is 210 g/mol. The van der Waals surface area contributed by atoms with Gasteiger partial charge in [-0.05, 0) is 41.9 Å². The molecule has 1 aromatic carbocycles. The molecule has 0 bridgehead atoms. The van der Waals surface area contributed by atoms with E-state index in [9.17, 15) is 4.79 Å². The molecule has 1 aliphatic carbocycles. The van der Waals surface area contributed by atoms with Gasteiger partial charge in [-0.25, -0.2) is 9.79 Å². The number of isocyanates is 1. The first-order valence-electron chi connectivity index (χ1n) is 6.37. The van der Waals surface area contributed by atoms with Crippen molar-refractivity contribution in [1.82, 2.24) is 0 Å². The minimum absolute atomic E-state index is 0.336. The van der Waals surface area contributed by atoms with Gasteiger partial charge >= 0.3 is 0 Å². The average Bonchev–Trinajstić information content (AvgIpc) is 2.76. The zero-order valence-electron chi connectivity index (χ0n) is 10.6. The van der Waals surface area contributed by atoms with Crippen LogP contribution >= 0.6 is 0 Å². The molecule has 17 heavy (non-hydrogen) atoms. The normalized spacial score (nSPS) is 15.5. The first-order chi connectivity index (χ1) is 8.22. The molecule has 1 atom stereocenters. The standard InChI is InChI=1S/C15H19NO/c1-11(2)15(9-16-10-17)14-7-6-12-4-3-5-13(12)8-14/h6-8,11,15H,3-5,9H2,1-2H3. The molecule has 1 aromatic rings. The van der Waals surface area contributed by atoms with Gasteiger partial charge in [-0.3, -0.25) is 0 Å².